The molecule has 2 N–H and O–H groups in total. The first-order valence-electron chi connectivity index (χ1n) is 7.66. The molecule has 0 spiro atoms. The van der Waals surface area contributed by atoms with E-state index in [0.717, 1.165) is 5.56 Å². The van der Waals surface area contributed by atoms with Crippen LogP contribution in [0, 0.1) is 0 Å². The smallest absolute Gasteiger partial charge is 0.240 e. The zero-order chi connectivity index (χ0) is 18.2. The minimum absolute atomic E-state index is 0.130. The summed E-state index contributed by atoms with van der Waals surface area (Å²) in [6.07, 6.45) is 0.441. The number of anilines is 1. The van der Waals surface area contributed by atoms with Crippen LogP contribution in [0.1, 0.15) is 24.0 Å². The number of rotatable bonds is 5. The molecule has 0 aromatic heterocycles. The van der Waals surface area contributed by atoms with Crippen molar-refractivity contribution in [1.29, 1.82) is 0 Å². The molecule has 5 nitrogen and oxygen atoms in total. The highest BCUT2D eigenvalue weighted by atomic mass is 35.5. The van der Waals surface area contributed by atoms with Crippen molar-refractivity contribution >= 4 is 44.8 Å². The highest BCUT2D eigenvalue weighted by Gasteiger charge is 2.28. The molecule has 1 amide bonds. The minimum Gasteiger partial charge on any atom is -0.325 e. The van der Waals surface area contributed by atoms with E-state index in [1.165, 1.54) is 12.1 Å². The van der Waals surface area contributed by atoms with Gasteiger partial charge in [0.15, 0.2) is 0 Å². The molecular weight excluding hydrogens is 383 g/mol. The summed E-state index contributed by atoms with van der Waals surface area (Å²) in [5, 5.41) is 3.76. The normalized spacial score (nSPS) is 16.6. The number of hydrogen-bond acceptors (Lipinski definition) is 3. The second-order valence-electron chi connectivity index (χ2n) is 5.84. The highest BCUT2D eigenvalue weighted by molar-refractivity contribution is 7.89. The van der Waals surface area contributed by atoms with Crippen LogP contribution in [0.25, 0.3) is 0 Å². The molecule has 132 valence electrons. The molecule has 0 saturated carbocycles. The molecule has 1 atom stereocenters. The SMILES string of the molecule is C[C@@H]1C(=O)Nc2ccc(S(=O)(=O)NCCc3ccc(Cl)cc3Cl)cc21. The average Bonchev–Trinajstić information content (AvgIpc) is 2.84. The predicted molar refractivity (Wildman–Crippen MR) is 98.8 cm³/mol. The second-order valence-corrected chi connectivity index (χ2v) is 8.45. The minimum atomic E-state index is -3.67. The van der Waals surface area contributed by atoms with Crippen LogP contribution in [0.2, 0.25) is 10.0 Å². The molecule has 2 aromatic rings. The number of carbonyl (C=O) groups is 1. The Hall–Kier alpha value is -1.60. The van der Waals surface area contributed by atoms with Gasteiger partial charge in [0.2, 0.25) is 15.9 Å². The van der Waals surface area contributed by atoms with Gasteiger partial charge in [0.1, 0.15) is 0 Å². The summed E-state index contributed by atoms with van der Waals surface area (Å²) in [7, 11) is -3.67. The standard InChI is InChI=1S/C17H16Cl2N2O3S/c1-10-14-9-13(4-5-16(14)21-17(10)22)25(23,24)20-7-6-11-2-3-12(18)8-15(11)19/h2-5,8-10,20H,6-7H2,1H3,(H,21,22)/t10-/m0/s1. The largest absolute Gasteiger partial charge is 0.325 e. The van der Waals surface area contributed by atoms with Gasteiger partial charge in [0.25, 0.3) is 0 Å². The van der Waals surface area contributed by atoms with E-state index in [-0.39, 0.29) is 23.3 Å². The van der Waals surface area contributed by atoms with Gasteiger partial charge in [-0.1, -0.05) is 29.3 Å². The second kappa shape index (κ2) is 6.96. The molecule has 8 heteroatoms. The van der Waals surface area contributed by atoms with Crippen LogP contribution in [-0.2, 0) is 21.2 Å². The fourth-order valence-electron chi connectivity index (χ4n) is 2.69. The Labute approximate surface area is 156 Å². The quantitative estimate of drug-likeness (QED) is 0.807. The molecule has 3 rings (SSSR count). The van der Waals surface area contributed by atoms with E-state index < -0.39 is 10.0 Å². The van der Waals surface area contributed by atoms with Crippen molar-refractivity contribution in [2.45, 2.75) is 24.2 Å². The van der Waals surface area contributed by atoms with Gasteiger partial charge in [-0.05, 0) is 54.8 Å². The Kier molecular flexibility index (Phi) is 5.06. The molecule has 0 radical (unpaired) electrons. The van der Waals surface area contributed by atoms with Crippen LogP contribution in [0.3, 0.4) is 0 Å². The molecule has 25 heavy (non-hydrogen) atoms. The van der Waals surface area contributed by atoms with Gasteiger partial charge in [-0.2, -0.15) is 0 Å². The van der Waals surface area contributed by atoms with Crippen molar-refractivity contribution in [1.82, 2.24) is 4.72 Å². The lowest BCUT2D eigenvalue weighted by atomic mass is 10.0. The summed E-state index contributed by atoms with van der Waals surface area (Å²) in [6.45, 7) is 1.95. The third kappa shape index (κ3) is 3.82. The Morgan fingerprint density at radius 2 is 1.92 bits per heavy atom. The van der Waals surface area contributed by atoms with E-state index in [1.54, 1.807) is 31.2 Å². The first-order chi connectivity index (χ1) is 11.8. The molecule has 0 saturated heterocycles. The van der Waals surface area contributed by atoms with E-state index in [4.69, 9.17) is 23.2 Å². The van der Waals surface area contributed by atoms with E-state index in [2.05, 4.69) is 10.0 Å². The lowest BCUT2D eigenvalue weighted by Crippen LogP contribution is -2.26. The highest BCUT2D eigenvalue weighted by Crippen LogP contribution is 2.33. The molecule has 1 aliphatic heterocycles. The number of halogens is 2. The van der Waals surface area contributed by atoms with Gasteiger partial charge in [0.05, 0.1) is 10.8 Å². The van der Waals surface area contributed by atoms with Gasteiger partial charge in [-0.25, -0.2) is 13.1 Å². The van der Waals surface area contributed by atoms with Crippen molar-refractivity contribution in [3.63, 3.8) is 0 Å². The molecule has 0 bridgehead atoms. The van der Waals surface area contributed by atoms with Gasteiger partial charge >= 0.3 is 0 Å². The lowest BCUT2D eigenvalue weighted by molar-refractivity contribution is -0.116. The van der Waals surface area contributed by atoms with Crippen LogP contribution in [0.5, 0.6) is 0 Å². The fraction of sp³-hybridized carbons (Fsp3) is 0.235. The van der Waals surface area contributed by atoms with E-state index in [0.29, 0.717) is 27.7 Å². The maximum Gasteiger partial charge on any atom is 0.240 e. The average molecular weight is 399 g/mol. The molecule has 0 fully saturated rings. The summed E-state index contributed by atoms with van der Waals surface area (Å²) in [4.78, 5) is 11.8. The number of hydrogen-bond donors (Lipinski definition) is 2. The van der Waals surface area contributed by atoms with E-state index >= 15 is 0 Å². The molecule has 1 heterocycles. The van der Waals surface area contributed by atoms with Crippen molar-refractivity contribution in [3.05, 3.63) is 57.6 Å². The molecular formula is C17H16Cl2N2O3S. The first kappa shape index (κ1) is 18.2. The van der Waals surface area contributed by atoms with Gasteiger partial charge in [-0.3, -0.25) is 4.79 Å². The van der Waals surface area contributed by atoms with Gasteiger partial charge in [-0.15, -0.1) is 0 Å². The van der Waals surface area contributed by atoms with Crippen molar-refractivity contribution in [3.8, 4) is 0 Å². The van der Waals surface area contributed by atoms with Crippen LogP contribution in [0.4, 0.5) is 5.69 Å². The Bertz CT molecular complexity index is 945. The number of nitrogens with one attached hydrogen (secondary N) is 2. The van der Waals surface area contributed by atoms with E-state index in [1.807, 2.05) is 0 Å². The topological polar surface area (TPSA) is 75.3 Å². The third-order valence-electron chi connectivity index (χ3n) is 4.15. The maximum absolute atomic E-state index is 12.5. The predicted octanol–water partition coefficient (Wildman–Crippen LogP) is 3.57. The van der Waals surface area contributed by atoms with Crippen molar-refractivity contribution in [2.24, 2.45) is 0 Å². The van der Waals surface area contributed by atoms with E-state index in [9.17, 15) is 13.2 Å². The summed E-state index contributed by atoms with van der Waals surface area (Å²) >= 11 is 11.9. The van der Waals surface area contributed by atoms with Crippen LogP contribution in [-0.4, -0.2) is 20.9 Å². The number of amides is 1. The number of benzene rings is 2. The zero-order valence-corrected chi connectivity index (χ0v) is 15.7. The van der Waals surface area contributed by atoms with Crippen LogP contribution >= 0.6 is 23.2 Å². The third-order valence-corrected chi connectivity index (χ3v) is 6.20. The summed E-state index contributed by atoms with van der Waals surface area (Å²) in [6, 6.07) is 9.74. The van der Waals surface area contributed by atoms with Gasteiger partial charge < -0.3 is 5.32 Å². The number of sulfonamides is 1. The fourth-order valence-corrected chi connectivity index (χ4v) is 4.26. The molecule has 2 aromatic carbocycles. The maximum atomic E-state index is 12.5. The molecule has 1 aliphatic rings. The summed E-state index contributed by atoms with van der Waals surface area (Å²) in [5.74, 6) is -0.493. The number of fused-ring (bicyclic) bond motifs is 1. The van der Waals surface area contributed by atoms with Gasteiger partial charge in [0, 0.05) is 22.3 Å². The summed E-state index contributed by atoms with van der Waals surface area (Å²) < 4.78 is 27.5. The monoisotopic (exact) mass is 398 g/mol. The molecule has 0 aliphatic carbocycles. The van der Waals surface area contributed by atoms with Crippen LogP contribution < -0.4 is 10.0 Å². The molecule has 0 unspecified atom stereocenters. The Morgan fingerprint density at radius 3 is 2.64 bits per heavy atom. The van der Waals surface area contributed by atoms with Crippen molar-refractivity contribution in [2.75, 3.05) is 11.9 Å². The first-order valence-corrected chi connectivity index (χ1v) is 9.90. The van der Waals surface area contributed by atoms with Crippen LogP contribution in [0.15, 0.2) is 41.3 Å². The Balaban J connectivity index is 1.71. The summed E-state index contributed by atoms with van der Waals surface area (Å²) in [5.41, 5.74) is 2.16. The lowest BCUT2D eigenvalue weighted by Gasteiger charge is -2.10. The Morgan fingerprint density at radius 1 is 1.16 bits per heavy atom. The number of carbonyl (C=O) groups excluding carboxylic acids is 1. The van der Waals surface area contributed by atoms with Crippen molar-refractivity contribution < 1.29 is 13.2 Å². The zero-order valence-electron chi connectivity index (χ0n) is 13.3.